The van der Waals surface area contributed by atoms with Gasteiger partial charge in [-0.3, -0.25) is 19.7 Å². The zero-order valence-corrected chi connectivity index (χ0v) is 16.4. The van der Waals surface area contributed by atoms with Gasteiger partial charge in [-0.05, 0) is 30.3 Å². The molecule has 9 heteroatoms. The quantitative estimate of drug-likeness (QED) is 0.474. The van der Waals surface area contributed by atoms with Crippen molar-refractivity contribution in [2.45, 2.75) is 6.92 Å². The van der Waals surface area contributed by atoms with E-state index in [0.29, 0.717) is 16.4 Å². The number of rotatable bonds is 6. The fourth-order valence-corrected chi connectivity index (χ4v) is 3.01. The van der Waals surface area contributed by atoms with Crippen molar-refractivity contribution in [1.29, 1.82) is 0 Å². The molecule has 0 aliphatic rings. The van der Waals surface area contributed by atoms with E-state index in [0.717, 1.165) is 0 Å². The first kappa shape index (κ1) is 20.0. The summed E-state index contributed by atoms with van der Waals surface area (Å²) in [5.74, 6) is -0.895. The van der Waals surface area contributed by atoms with Gasteiger partial charge < -0.3 is 14.8 Å². The number of hydrogen-bond donors (Lipinski definition) is 2. The smallest absolute Gasteiger partial charge is 0.308 e. The zero-order valence-electron chi connectivity index (χ0n) is 15.6. The van der Waals surface area contributed by atoms with Crippen molar-refractivity contribution in [3.63, 3.8) is 0 Å². The number of methoxy groups -OCH3 is 1. The standard InChI is InChI=1S/C20H17N3O5S/c1-12(24)28-16-8-7-13(11-17(16)27-2)18(25)22-15-6-4-3-5-14(15)19(26)23-20-21-9-10-29-20/h3-11H,1-2H3,(H,22,25)(H,21,23,26). The molecular weight excluding hydrogens is 394 g/mol. The predicted octanol–water partition coefficient (Wildman–Crippen LogP) is 3.58. The summed E-state index contributed by atoms with van der Waals surface area (Å²) in [4.78, 5) is 40.4. The van der Waals surface area contributed by atoms with Gasteiger partial charge in [0.15, 0.2) is 16.6 Å². The van der Waals surface area contributed by atoms with Gasteiger partial charge in [0.2, 0.25) is 0 Å². The van der Waals surface area contributed by atoms with Crippen LogP contribution in [-0.2, 0) is 4.79 Å². The Balaban J connectivity index is 1.80. The highest BCUT2D eigenvalue weighted by Gasteiger charge is 2.17. The van der Waals surface area contributed by atoms with Crippen LogP contribution in [0.3, 0.4) is 0 Å². The Bertz CT molecular complexity index is 1050. The van der Waals surface area contributed by atoms with E-state index in [2.05, 4.69) is 15.6 Å². The molecule has 3 aromatic rings. The van der Waals surface area contributed by atoms with Crippen molar-refractivity contribution in [2.75, 3.05) is 17.7 Å². The molecule has 0 atom stereocenters. The fourth-order valence-electron chi connectivity index (χ4n) is 2.48. The van der Waals surface area contributed by atoms with Crippen molar-refractivity contribution >= 4 is 39.9 Å². The number of para-hydroxylation sites is 1. The number of thiazole rings is 1. The number of nitrogens with one attached hydrogen (secondary N) is 2. The van der Waals surface area contributed by atoms with Crippen LogP contribution >= 0.6 is 11.3 Å². The molecule has 8 nitrogen and oxygen atoms in total. The van der Waals surface area contributed by atoms with Gasteiger partial charge in [0.1, 0.15) is 0 Å². The van der Waals surface area contributed by atoms with E-state index in [1.807, 2.05) is 0 Å². The van der Waals surface area contributed by atoms with Crippen molar-refractivity contribution in [2.24, 2.45) is 0 Å². The Morgan fingerprint density at radius 2 is 1.79 bits per heavy atom. The largest absolute Gasteiger partial charge is 0.493 e. The lowest BCUT2D eigenvalue weighted by Gasteiger charge is -2.12. The van der Waals surface area contributed by atoms with Crippen LogP contribution in [-0.4, -0.2) is 29.9 Å². The SMILES string of the molecule is COc1cc(C(=O)Nc2ccccc2C(=O)Nc2nccs2)ccc1OC(C)=O. The molecule has 0 unspecified atom stereocenters. The first-order chi connectivity index (χ1) is 14.0. The molecule has 2 aromatic carbocycles. The lowest BCUT2D eigenvalue weighted by molar-refractivity contribution is -0.132. The van der Waals surface area contributed by atoms with E-state index in [-0.39, 0.29) is 17.1 Å². The molecule has 0 bridgehead atoms. The molecule has 0 radical (unpaired) electrons. The third-order valence-corrected chi connectivity index (χ3v) is 4.44. The summed E-state index contributed by atoms with van der Waals surface area (Å²) in [6.07, 6.45) is 1.58. The van der Waals surface area contributed by atoms with Crippen molar-refractivity contribution in [1.82, 2.24) is 4.98 Å². The summed E-state index contributed by atoms with van der Waals surface area (Å²) < 4.78 is 10.2. The highest BCUT2D eigenvalue weighted by molar-refractivity contribution is 7.13. The van der Waals surface area contributed by atoms with Crippen molar-refractivity contribution in [3.05, 3.63) is 65.2 Å². The van der Waals surface area contributed by atoms with Gasteiger partial charge in [0.25, 0.3) is 11.8 Å². The minimum absolute atomic E-state index is 0.208. The van der Waals surface area contributed by atoms with Gasteiger partial charge in [-0.2, -0.15) is 0 Å². The van der Waals surface area contributed by atoms with E-state index in [1.54, 1.807) is 35.8 Å². The highest BCUT2D eigenvalue weighted by Crippen LogP contribution is 2.29. The summed E-state index contributed by atoms with van der Waals surface area (Å²) in [6, 6.07) is 11.0. The summed E-state index contributed by atoms with van der Waals surface area (Å²) in [5.41, 5.74) is 0.905. The average molecular weight is 411 g/mol. The van der Waals surface area contributed by atoms with E-state index < -0.39 is 17.8 Å². The number of anilines is 2. The molecule has 0 saturated carbocycles. The third-order valence-electron chi connectivity index (χ3n) is 3.75. The van der Waals surface area contributed by atoms with Crippen LogP contribution in [0.25, 0.3) is 0 Å². The molecule has 0 saturated heterocycles. The Morgan fingerprint density at radius 1 is 1.00 bits per heavy atom. The maximum absolute atomic E-state index is 12.7. The van der Waals surface area contributed by atoms with E-state index in [1.165, 1.54) is 43.6 Å². The van der Waals surface area contributed by atoms with Gasteiger partial charge in [0, 0.05) is 24.1 Å². The third kappa shape index (κ3) is 4.96. The Hall–Kier alpha value is -3.72. The number of ether oxygens (including phenoxy) is 2. The second-order valence-electron chi connectivity index (χ2n) is 5.75. The van der Waals surface area contributed by atoms with Gasteiger partial charge in [-0.1, -0.05) is 12.1 Å². The second-order valence-corrected chi connectivity index (χ2v) is 6.64. The number of carbonyl (C=O) groups is 3. The number of benzene rings is 2. The van der Waals surface area contributed by atoms with Crippen LogP contribution in [0.4, 0.5) is 10.8 Å². The lowest BCUT2D eigenvalue weighted by atomic mass is 10.1. The number of esters is 1. The molecule has 2 N–H and O–H groups in total. The molecule has 0 aliphatic carbocycles. The zero-order chi connectivity index (χ0) is 20.8. The first-order valence-corrected chi connectivity index (χ1v) is 9.33. The maximum Gasteiger partial charge on any atom is 0.308 e. The molecule has 0 fully saturated rings. The average Bonchev–Trinajstić information content (AvgIpc) is 3.21. The van der Waals surface area contributed by atoms with Crippen LogP contribution < -0.4 is 20.1 Å². The molecule has 3 rings (SSSR count). The summed E-state index contributed by atoms with van der Waals surface area (Å²) in [6.45, 7) is 1.27. The normalized spacial score (nSPS) is 10.1. The molecule has 0 spiro atoms. The van der Waals surface area contributed by atoms with E-state index >= 15 is 0 Å². The minimum atomic E-state index is -0.499. The van der Waals surface area contributed by atoms with E-state index in [9.17, 15) is 14.4 Å². The van der Waals surface area contributed by atoms with Crippen LogP contribution in [0.5, 0.6) is 11.5 Å². The molecular formula is C20H17N3O5S. The highest BCUT2D eigenvalue weighted by atomic mass is 32.1. The van der Waals surface area contributed by atoms with Gasteiger partial charge in [0.05, 0.1) is 18.4 Å². The van der Waals surface area contributed by atoms with Gasteiger partial charge in [-0.15, -0.1) is 11.3 Å². The molecule has 1 aromatic heterocycles. The number of hydrogen-bond acceptors (Lipinski definition) is 7. The van der Waals surface area contributed by atoms with Crippen LogP contribution in [0.1, 0.15) is 27.6 Å². The number of amides is 2. The van der Waals surface area contributed by atoms with Crippen molar-refractivity contribution in [3.8, 4) is 11.5 Å². The molecule has 148 valence electrons. The minimum Gasteiger partial charge on any atom is -0.493 e. The maximum atomic E-state index is 12.7. The van der Waals surface area contributed by atoms with Crippen molar-refractivity contribution < 1.29 is 23.9 Å². The number of aromatic nitrogens is 1. The topological polar surface area (TPSA) is 107 Å². The lowest BCUT2D eigenvalue weighted by Crippen LogP contribution is -2.18. The number of carbonyl (C=O) groups excluding carboxylic acids is 3. The second kappa shape index (κ2) is 8.98. The molecule has 29 heavy (non-hydrogen) atoms. The summed E-state index contributed by atoms with van der Waals surface area (Å²) in [7, 11) is 1.41. The summed E-state index contributed by atoms with van der Waals surface area (Å²) in [5, 5.41) is 7.61. The Labute approximate surface area is 170 Å². The monoisotopic (exact) mass is 411 g/mol. The predicted molar refractivity (Wildman–Crippen MR) is 109 cm³/mol. The van der Waals surface area contributed by atoms with Crippen LogP contribution in [0.15, 0.2) is 54.0 Å². The van der Waals surface area contributed by atoms with Gasteiger partial charge >= 0.3 is 5.97 Å². The summed E-state index contributed by atoms with van der Waals surface area (Å²) >= 11 is 1.29. The van der Waals surface area contributed by atoms with Crippen LogP contribution in [0.2, 0.25) is 0 Å². The van der Waals surface area contributed by atoms with Crippen LogP contribution in [0, 0.1) is 0 Å². The number of nitrogens with zero attached hydrogens (tertiary/aromatic N) is 1. The van der Waals surface area contributed by atoms with E-state index in [4.69, 9.17) is 9.47 Å². The fraction of sp³-hybridized carbons (Fsp3) is 0.100. The molecule has 0 aliphatic heterocycles. The Kier molecular flexibility index (Phi) is 6.20. The molecule has 1 heterocycles. The Morgan fingerprint density at radius 3 is 2.48 bits per heavy atom. The van der Waals surface area contributed by atoms with Gasteiger partial charge in [-0.25, -0.2) is 4.98 Å². The molecule has 2 amide bonds. The first-order valence-electron chi connectivity index (χ1n) is 8.45.